The number of pyridine rings is 1. The van der Waals surface area contributed by atoms with Crippen molar-refractivity contribution in [3.8, 4) is 0 Å². The molecular weight excluding hydrogens is 238 g/mol. The first-order valence-corrected chi connectivity index (χ1v) is 6.21. The lowest BCUT2D eigenvalue weighted by atomic mass is 10.1. The van der Waals surface area contributed by atoms with Gasteiger partial charge in [-0.15, -0.1) is 0 Å². The average molecular weight is 255 g/mol. The number of nitrogens with zero attached hydrogens (tertiary/aromatic N) is 1. The normalized spacial score (nSPS) is 11.9. The van der Waals surface area contributed by atoms with Crippen molar-refractivity contribution in [3.05, 3.63) is 65.5 Å². The zero-order valence-electron chi connectivity index (χ0n) is 10.8. The number of carbonyl (C=O) groups excluding carboxylic acids is 1. The van der Waals surface area contributed by atoms with Gasteiger partial charge in [0.25, 0.3) is 5.91 Å². The van der Waals surface area contributed by atoms with Crippen LogP contribution in [0.4, 0.5) is 0 Å². The highest BCUT2D eigenvalue weighted by molar-refractivity contribution is 5.94. The molecule has 3 N–H and O–H groups in total. The molecule has 1 aromatic heterocycles. The third kappa shape index (κ3) is 3.39. The minimum atomic E-state index is -0.117. The lowest BCUT2D eigenvalue weighted by Crippen LogP contribution is -2.26. The van der Waals surface area contributed by atoms with Gasteiger partial charge in [0.2, 0.25) is 0 Å². The third-order valence-electron chi connectivity index (χ3n) is 2.94. The number of benzene rings is 1. The van der Waals surface area contributed by atoms with Crippen LogP contribution in [-0.4, -0.2) is 10.9 Å². The summed E-state index contributed by atoms with van der Waals surface area (Å²) in [6, 6.07) is 13.2. The summed E-state index contributed by atoms with van der Waals surface area (Å²) >= 11 is 0. The highest BCUT2D eigenvalue weighted by Gasteiger charge is 2.11. The molecule has 1 aromatic carbocycles. The van der Waals surface area contributed by atoms with Crippen LogP contribution in [0.3, 0.4) is 0 Å². The van der Waals surface area contributed by atoms with Gasteiger partial charge in [-0.25, -0.2) is 0 Å². The van der Waals surface area contributed by atoms with Gasteiger partial charge in [-0.3, -0.25) is 9.78 Å². The van der Waals surface area contributed by atoms with Crippen molar-refractivity contribution >= 4 is 5.91 Å². The van der Waals surface area contributed by atoms with Crippen molar-refractivity contribution in [2.24, 2.45) is 5.73 Å². The van der Waals surface area contributed by atoms with E-state index in [0.29, 0.717) is 17.8 Å². The molecule has 4 heteroatoms. The Kier molecular flexibility index (Phi) is 4.26. The summed E-state index contributed by atoms with van der Waals surface area (Å²) in [5, 5.41) is 2.96. The Labute approximate surface area is 112 Å². The van der Waals surface area contributed by atoms with Crippen LogP contribution in [0.1, 0.15) is 34.6 Å². The van der Waals surface area contributed by atoms with Crippen LogP contribution in [0.5, 0.6) is 0 Å². The molecule has 1 atom stereocenters. The van der Waals surface area contributed by atoms with Crippen molar-refractivity contribution in [1.82, 2.24) is 10.3 Å². The van der Waals surface area contributed by atoms with Crippen molar-refractivity contribution < 1.29 is 4.79 Å². The van der Waals surface area contributed by atoms with Gasteiger partial charge in [0.15, 0.2) is 0 Å². The Morgan fingerprint density at radius 2 is 2.05 bits per heavy atom. The van der Waals surface area contributed by atoms with E-state index in [2.05, 4.69) is 10.3 Å². The van der Waals surface area contributed by atoms with Crippen LogP contribution in [0.2, 0.25) is 0 Å². The predicted molar refractivity (Wildman–Crippen MR) is 74.5 cm³/mol. The molecule has 4 nitrogen and oxygen atoms in total. The zero-order valence-corrected chi connectivity index (χ0v) is 10.8. The molecule has 0 spiro atoms. The van der Waals surface area contributed by atoms with Gasteiger partial charge in [-0.2, -0.15) is 0 Å². The minimum Gasteiger partial charge on any atom is -0.346 e. The van der Waals surface area contributed by atoms with E-state index in [1.54, 1.807) is 18.3 Å². The van der Waals surface area contributed by atoms with Crippen LogP contribution >= 0.6 is 0 Å². The maximum Gasteiger partial charge on any atom is 0.251 e. The van der Waals surface area contributed by atoms with E-state index in [1.165, 1.54) is 0 Å². The summed E-state index contributed by atoms with van der Waals surface area (Å²) in [6.45, 7) is 2.29. The summed E-state index contributed by atoms with van der Waals surface area (Å²) < 4.78 is 0. The fourth-order valence-corrected chi connectivity index (χ4v) is 1.84. The van der Waals surface area contributed by atoms with E-state index in [9.17, 15) is 4.79 Å². The Morgan fingerprint density at radius 1 is 1.32 bits per heavy atom. The average Bonchev–Trinajstić information content (AvgIpc) is 2.48. The van der Waals surface area contributed by atoms with Crippen molar-refractivity contribution in [2.45, 2.75) is 19.5 Å². The van der Waals surface area contributed by atoms with Crippen LogP contribution in [-0.2, 0) is 6.54 Å². The van der Waals surface area contributed by atoms with E-state index < -0.39 is 0 Å². The van der Waals surface area contributed by atoms with Gasteiger partial charge in [0, 0.05) is 18.3 Å². The quantitative estimate of drug-likeness (QED) is 0.878. The molecule has 1 amide bonds. The molecule has 2 rings (SSSR count). The Balaban J connectivity index is 2.08. The first-order valence-electron chi connectivity index (χ1n) is 6.21. The summed E-state index contributed by atoms with van der Waals surface area (Å²) in [5.74, 6) is -0.117. The van der Waals surface area contributed by atoms with Crippen molar-refractivity contribution in [3.63, 3.8) is 0 Å². The Bertz CT molecular complexity index is 554. The van der Waals surface area contributed by atoms with Gasteiger partial charge >= 0.3 is 0 Å². The molecule has 0 saturated heterocycles. The first-order chi connectivity index (χ1) is 9.20. The number of nitrogens with one attached hydrogen (secondary N) is 1. The highest BCUT2D eigenvalue weighted by Crippen LogP contribution is 2.12. The molecular formula is C15H17N3O. The van der Waals surface area contributed by atoms with Crippen LogP contribution in [0.15, 0.2) is 48.7 Å². The fourth-order valence-electron chi connectivity index (χ4n) is 1.84. The molecule has 0 radical (unpaired) electrons. The van der Waals surface area contributed by atoms with Gasteiger partial charge in [-0.1, -0.05) is 30.3 Å². The molecule has 0 saturated carbocycles. The predicted octanol–water partition coefficient (Wildman–Crippen LogP) is 2.03. The molecule has 2 aromatic rings. The Hall–Kier alpha value is -2.20. The number of rotatable bonds is 4. The van der Waals surface area contributed by atoms with Gasteiger partial charge in [0.05, 0.1) is 11.7 Å². The second kappa shape index (κ2) is 6.11. The third-order valence-corrected chi connectivity index (χ3v) is 2.94. The SMILES string of the molecule is C[C@H](NC(=O)c1ccnc(CN)c1)c1ccccc1. The topological polar surface area (TPSA) is 68.0 Å². The lowest BCUT2D eigenvalue weighted by molar-refractivity contribution is 0.0939. The van der Waals surface area contributed by atoms with Crippen LogP contribution in [0, 0.1) is 0 Å². The van der Waals surface area contributed by atoms with Gasteiger partial charge < -0.3 is 11.1 Å². The van der Waals surface area contributed by atoms with E-state index >= 15 is 0 Å². The summed E-state index contributed by atoms with van der Waals surface area (Å²) in [6.07, 6.45) is 1.60. The smallest absolute Gasteiger partial charge is 0.251 e. The lowest BCUT2D eigenvalue weighted by Gasteiger charge is -2.14. The second-order valence-electron chi connectivity index (χ2n) is 4.35. The van der Waals surface area contributed by atoms with E-state index in [1.807, 2.05) is 37.3 Å². The number of carbonyl (C=O) groups is 1. The number of aromatic nitrogens is 1. The number of hydrogen-bond donors (Lipinski definition) is 2. The summed E-state index contributed by atoms with van der Waals surface area (Å²) in [5.41, 5.74) is 7.88. The Morgan fingerprint density at radius 3 is 2.74 bits per heavy atom. The molecule has 19 heavy (non-hydrogen) atoms. The van der Waals surface area contributed by atoms with Gasteiger partial charge in [0.1, 0.15) is 0 Å². The first kappa shape index (κ1) is 13.2. The maximum absolute atomic E-state index is 12.1. The van der Waals surface area contributed by atoms with E-state index in [-0.39, 0.29) is 11.9 Å². The largest absolute Gasteiger partial charge is 0.346 e. The maximum atomic E-state index is 12.1. The van der Waals surface area contributed by atoms with Crippen LogP contribution < -0.4 is 11.1 Å². The molecule has 0 aliphatic carbocycles. The summed E-state index contributed by atoms with van der Waals surface area (Å²) in [4.78, 5) is 16.2. The van der Waals surface area contributed by atoms with Crippen molar-refractivity contribution in [1.29, 1.82) is 0 Å². The van der Waals surface area contributed by atoms with Crippen LogP contribution in [0.25, 0.3) is 0 Å². The molecule has 0 bridgehead atoms. The molecule has 98 valence electrons. The zero-order chi connectivity index (χ0) is 13.7. The molecule has 0 aliphatic heterocycles. The molecule has 0 unspecified atom stereocenters. The monoisotopic (exact) mass is 255 g/mol. The standard InChI is InChI=1S/C15H17N3O/c1-11(12-5-3-2-4-6-12)18-15(19)13-7-8-17-14(9-13)10-16/h2-9,11H,10,16H2,1H3,(H,18,19)/t11-/m0/s1. The minimum absolute atomic E-state index is 0.0387. The van der Waals surface area contributed by atoms with Crippen molar-refractivity contribution in [2.75, 3.05) is 0 Å². The molecule has 0 aliphatic rings. The highest BCUT2D eigenvalue weighted by atomic mass is 16.1. The fraction of sp³-hybridized carbons (Fsp3) is 0.200. The second-order valence-corrected chi connectivity index (χ2v) is 4.35. The van der Waals surface area contributed by atoms with E-state index in [4.69, 9.17) is 5.73 Å². The number of hydrogen-bond acceptors (Lipinski definition) is 3. The van der Waals surface area contributed by atoms with Gasteiger partial charge in [-0.05, 0) is 24.6 Å². The summed E-state index contributed by atoms with van der Waals surface area (Å²) in [7, 11) is 0. The molecule has 1 heterocycles. The molecule has 0 fully saturated rings. The van der Waals surface area contributed by atoms with E-state index in [0.717, 1.165) is 5.56 Å². The number of nitrogens with two attached hydrogens (primary N) is 1. The number of amides is 1.